The first-order valence-corrected chi connectivity index (χ1v) is 7.93. The molecule has 0 radical (unpaired) electrons. The van der Waals surface area contributed by atoms with E-state index in [1.165, 1.54) is 19.3 Å². The Morgan fingerprint density at radius 3 is 1.68 bits per heavy atom. The van der Waals surface area contributed by atoms with Crippen molar-refractivity contribution in [3.8, 4) is 0 Å². The minimum atomic E-state index is -4.51. The minimum absolute atomic E-state index is 0. The summed E-state index contributed by atoms with van der Waals surface area (Å²) in [5.74, 6) is 0. The molecule has 108 valence electrons. The van der Waals surface area contributed by atoms with E-state index in [4.69, 9.17) is 0 Å². The quantitative estimate of drug-likeness (QED) is 0.151. The van der Waals surface area contributed by atoms with Crippen molar-refractivity contribution in [2.45, 2.75) is 64.2 Å². The summed E-state index contributed by atoms with van der Waals surface area (Å²) in [6.45, 7) is -0.00245. The smallest absolute Gasteiger partial charge is 0.726 e. The van der Waals surface area contributed by atoms with E-state index in [9.17, 15) is 17.8 Å². The van der Waals surface area contributed by atoms with Gasteiger partial charge in [0.25, 0.3) is 0 Å². The molecule has 0 aromatic carbocycles. The Bertz CT molecular complexity index is 292. The predicted octanol–water partition coefficient (Wildman–Crippen LogP) is -0.433. The molecule has 0 saturated heterocycles. The van der Waals surface area contributed by atoms with Gasteiger partial charge in [-0.25, -0.2) is 8.42 Å². The van der Waals surface area contributed by atoms with Gasteiger partial charge in [0.2, 0.25) is 10.4 Å². The molecule has 0 heterocycles. The molecule has 0 amide bonds. The number of carbonyl (C=O) groups excluding carboxylic acids is 1. The molecule has 7 heteroatoms. The third kappa shape index (κ3) is 21.0. The summed E-state index contributed by atoms with van der Waals surface area (Å²) in [6.07, 6.45) is 10.9. The van der Waals surface area contributed by atoms with E-state index in [1.807, 2.05) is 0 Å². The summed E-state index contributed by atoms with van der Waals surface area (Å²) in [6, 6.07) is 0. The number of hydrogen-bond donors (Lipinski definition) is 0. The fraction of sp³-hybridized carbons (Fsp3) is 0.917. The van der Waals surface area contributed by atoms with Crippen LogP contribution in [-0.4, -0.2) is 25.9 Å². The number of carbonyl (C=O) groups is 1. The van der Waals surface area contributed by atoms with Crippen LogP contribution in [0.3, 0.4) is 0 Å². The van der Waals surface area contributed by atoms with Crippen LogP contribution in [0.1, 0.15) is 64.2 Å². The molecule has 0 unspecified atom stereocenters. The van der Waals surface area contributed by atoms with E-state index in [1.54, 1.807) is 0 Å². The molecular weight excluding hydrogens is 279 g/mol. The Labute approximate surface area is 138 Å². The van der Waals surface area contributed by atoms with Crippen LogP contribution in [0.5, 0.6) is 0 Å². The van der Waals surface area contributed by atoms with Gasteiger partial charge < -0.3 is 9.35 Å². The summed E-state index contributed by atoms with van der Waals surface area (Å²) in [5.41, 5.74) is 0. The van der Waals surface area contributed by atoms with Crippen LogP contribution >= 0.6 is 0 Å². The molecule has 5 nitrogen and oxygen atoms in total. The van der Waals surface area contributed by atoms with Crippen LogP contribution in [0.25, 0.3) is 0 Å². The average molecular weight is 302 g/mol. The minimum Gasteiger partial charge on any atom is -0.726 e. The van der Waals surface area contributed by atoms with Gasteiger partial charge in [-0.15, -0.1) is 0 Å². The van der Waals surface area contributed by atoms with E-state index < -0.39 is 10.4 Å². The average Bonchev–Trinajstić information content (AvgIpc) is 2.29. The largest absolute Gasteiger partial charge is 1.00 e. The molecule has 19 heavy (non-hydrogen) atoms. The number of unbranched alkanes of at least 4 members (excludes halogenated alkanes) is 9. The summed E-state index contributed by atoms with van der Waals surface area (Å²) < 4.78 is 34.4. The van der Waals surface area contributed by atoms with Crippen LogP contribution in [0.15, 0.2) is 0 Å². The second kappa shape index (κ2) is 14.9. The SMILES string of the molecule is O=CCCCCCCCCCCCOS(=O)(=O)[O-].[Na+]. The molecule has 0 aliphatic rings. The van der Waals surface area contributed by atoms with Gasteiger partial charge in [-0.05, 0) is 12.8 Å². The number of rotatable bonds is 13. The summed E-state index contributed by atoms with van der Waals surface area (Å²) in [7, 11) is -4.51. The molecule has 0 spiro atoms. The van der Waals surface area contributed by atoms with Gasteiger partial charge in [-0.3, -0.25) is 4.18 Å². The molecule has 0 aliphatic heterocycles. The van der Waals surface area contributed by atoms with Crippen LogP contribution in [-0.2, 0) is 19.4 Å². The first-order valence-electron chi connectivity index (χ1n) is 6.60. The normalized spacial score (nSPS) is 11.0. The Morgan fingerprint density at radius 2 is 1.26 bits per heavy atom. The van der Waals surface area contributed by atoms with Crippen molar-refractivity contribution >= 4 is 16.7 Å². The van der Waals surface area contributed by atoms with Gasteiger partial charge in [0.1, 0.15) is 6.29 Å². The molecule has 0 saturated carbocycles. The molecule has 0 N–H and O–H groups in total. The van der Waals surface area contributed by atoms with Crippen molar-refractivity contribution in [2.75, 3.05) is 6.61 Å². The monoisotopic (exact) mass is 302 g/mol. The molecular formula is C12H23NaO5S. The third-order valence-electron chi connectivity index (χ3n) is 2.69. The van der Waals surface area contributed by atoms with Gasteiger partial charge in [-0.2, -0.15) is 0 Å². The van der Waals surface area contributed by atoms with Crippen molar-refractivity contribution in [1.82, 2.24) is 0 Å². The van der Waals surface area contributed by atoms with Crippen molar-refractivity contribution in [3.05, 3.63) is 0 Å². The zero-order valence-corrected chi connectivity index (χ0v) is 14.6. The van der Waals surface area contributed by atoms with E-state index in [0.717, 1.165) is 38.4 Å². The van der Waals surface area contributed by atoms with Crippen LogP contribution < -0.4 is 29.6 Å². The Kier molecular flexibility index (Phi) is 17.2. The fourth-order valence-electron chi connectivity index (χ4n) is 1.73. The van der Waals surface area contributed by atoms with Gasteiger partial charge in [0.05, 0.1) is 6.61 Å². The molecule has 0 fully saturated rings. The van der Waals surface area contributed by atoms with Crippen LogP contribution in [0, 0.1) is 0 Å². The summed E-state index contributed by atoms with van der Waals surface area (Å²) in [5, 5.41) is 0. The Hall–Kier alpha value is 0.540. The maximum Gasteiger partial charge on any atom is 1.00 e. The Balaban J connectivity index is 0. The van der Waals surface area contributed by atoms with Crippen molar-refractivity contribution in [3.63, 3.8) is 0 Å². The second-order valence-corrected chi connectivity index (χ2v) is 5.42. The second-order valence-electron chi connectivity index (χ2n) is 4.37. The van der Waals surface area contributed by atoms with Crippen molar-refractivity contribution < 1.29 is 51.5 Å². The fourth-order valence-corrected chi connectivity index (χ4v) is 2.05. The van der Waals surface area contributed by atoms with Crippen molar-refractivity contribution in [2.24, 2.45) is 0 Å². The van der Waals surface area contributed by atoms with Crippen LogP contribution in [0.4, 0.5) is 0 Å². The van der Waals surface area contributed by atoms with Crippen molar-refractivity contribution in [1.29, 1.82) is 0 Å². The van der Waals surface area contributed by atoms with Gasteiger partial charge in [-0.1, -0.05) is 44.9 Å². The first-order chi connectivity index (χ1) is 8.56. The molecule has 0 aromatic rings. The topological polar surface area (TPSA) is 83.5 Å². The summed E-state index contributed by atoms with van der Waals surface area (Å²) >= 11 is 0. The number of hydrogen-bond acceptors (Lipinski definition) is 5. The van der Waals surface area contributed by atoms with Gasteiger partial charge in [0, 0.05) is 6.42 Å². The zero-order chi connectivity index (χ0) is 13.7. The number of aldehydes is 1. The van der Waals surface area contributed by atoms with E-state index in [0.29, 0.717) is 12.8 Å². The molecule has 0 rings (SSSR count). The first kappa shape index (κ1) is 21.8. The third-order valence-corrected chi connectivity index (χ3v) is 3.15. The molecule has 0 atom stereocenters. The maximum atomic E-state index is 10.1. The van der Waals surface area contributed by atoms with Gasteiger partial charge in [0.15, 0.2) is 0 Å². The van der Waals surface area contributed by atoms with Crippen LogP contribution in [0.2, 0.25) is 0 Å². The maximum absolute atomic E-state index is 10.1. The molecule has 0 aromatic heterocycles. The standard InChI is InChI=1S/C12H24O5S.Na/c13-11-9-7-5-3-1-2-4-6-8-10-12-17-18(14,15)16;/h11H,1-10,12H2,(H,14,15,16);/q;+1/p-1. The molecule has 0 bridgehead atoms. The predicted molar refractivity (Wildman–Crippen MR) is 67.9 cm³/mol. The summed E-state index contributed by atoms with van der Waals surface area (Å²) in [4.78, 5) is 10.1. The van der Waals surface area contributed by atoms with Gasteiger partial charge >= 0.3 is 29.6 Å². The Morgan fingerprint density at radius 1 is 0.842 bits per heavy atom. The van der Waals surface area contributed by atoms with E-state index in [-0.39, 0.29) is 36.2 Å². The molecule has 0 aliphatic carbocycles. The zero-order valence-electron chi connectivity index (χ0n) is 11.8. The van der Waals surface area contributed by atoms with E-state index >= 15 is 0 Å². The van der Waals surface area contributed by atoms with E-state index in [2.05, 4.69) is 4.18 Å².